The normalized spacial score (nSPS) is 23.5. The number of aliphatic hydroxyl groups is 1. The van der Waals surface area contributed by atoms with Gasteiger partial charge in [-0.1, -0.05) is 22.9 Å². The highest BCUT2D eigenvalue weighted by molar-refractivity contribution is 6.07. The smallest absolute Gasteiger partial charge is 0.261 e. The molecule has 0 radical (unpaired) electrons. The number of carbonyl (C=O) groups excluding carboxylic acids is 1. The number of nitrogens with one attached hydrogen (secondary N) is 1. The molecular weight excluding hydrogens is 220 g/mol. The minimum Gasteiger partial charge on any atom is -0.411 e. The second-order valence-corrected chi connectivity index (χ2v) is 4.38. The number of carbonyl (C=O) groups is 1. The van der Waals surface area contributed by atoms with Crippen LogP contribution >= 0.6 is 0 Å². The van der Waals surface area contributed by atoms with Gasteiger partial charge in [-0.25, -0.2) is 0 Å². The highest BCUT2D eigenvalue weighted by Crippen LogP contribution is 2.38. The molecule has 1 amide bonds. The molecule has 0 saturated carbocycles. The van der Waals surface area contributed by atoms with E-state index >= 15 is 0 Å². The zero-order valence-electron chi connectivity index (χ0n) is 9.69. The van der Waals surface area contributed by atoms with E-state index in [0.29, 0.717) is 17.0 Å². The lowest BCUT2D eigenvalue weighted by Crippen LogP contribution is -2.36. The van der Waals surface area contributed by atoms with E-state index in [1.165, 1.54) is 0 Å². The Morgan fingerprint density at radius 3 is 2.88 bits per heavy atom. The van der Waals surface area contributed by atoms with E-state index < -0.39 is 11.5 Å². The number of amides is 1. The lowest BCUT2D eigenvalue weighted by Gasteiger charge is -2.20. The van der Waals surface area contributed by atoms with Gasteiger partial charge in [0.1, 0.15) is 0 Å². The lowest BCUT2D eigenvalue weighted by molar-refractivity contribution is -0.132. The maximum atomic E-state index is 11.8. The molecule has 0 saturated heterocycles. The van der Waals surface area contributed by atoms with Crippen molar-refractivity contribution in [3.05, 3.63) is 29.3 Å². The summed E-state index contributed by atoms with van der Waals surface area (Å²) >= 11 is 0. The molecule has 0 aliphatic carbocycles. The third-order valence-corrected chi connectivity index (χ3v) is 2.93. The molecule has 2 rings (SSSR count). The fourth-order valence-corrected chi connectivity index (χ4v) is 2.04. The van der Waals surface area contributed by atoms with Crippen molar-refractivity contribution in [1.29, 1.82) is 0 Å². The Morgan fingerprint density at radius 2 is 2.24 bits per heavy atom. The summed E-state index contributed by atoms with van der Waals surface area (Å²) < 4.78 is 0. The van der Waals surface area contributed by atoms with Gasteiger partial charge in [-0.05, 0) is 19.9 Å². The molecule has 0 aromatic heterocycles. The summed E-state index contributed by atoms with van der Waals surface area (Å²) in [6.45, 7) is 3.44. The lowest BCUT2D eigenvalue weighted by atomic mass is 9.89. The van der Waals surface area contributed by atoms with Gasteiger partial charge in [-0.2, -0.15) is 0 Å². The first-order valence-corrected chi connectivity index (χ1v) is 5.30. The van der Waals surface area contributed by atoms with Gasteiger partial charge in [0, 0.05) is 17.7 Å². The first-order valence-electron chi connectivity index (χ1n) is 5.30. The maximum absolute atomic E-state index is 11.8. The highest BCUT2D eigenvalue weighted by Gasteiger charge is 2.45. The van der Waals surface area contributed by atoms with Crippen LogP contribution in [0.25, 0.3) is 0 Å². The molecule has 3 N–H and O–H groups in total. The topological polar surface area (TPSA) is 81.9 Å². The first-order chi connectivity index (χ1) is 7.97. The van der Waals surface area contributed by atoms with Crippen LogP contribution in [0.1, 0.15) is 24.5 Å². The van der Waals surface area contributed by atoms with Crippen LogP contribution in [-0.4, -0.2) is 21.9 Å². The second-order valence-electron chi connectivity index (χ2n) is 4.38. The number of benzene rings is 1. The summed E-state index contributed by atoms with van der Waals surface area (Å²) in [5, 5.41) is 24.7. The van der Waals surface area contributed by atoms with Gasteiger partial charge < -0.3 is 15.6 Å². The molecule has 1 aromatic rings. The summed E-state index contributed by atoms with van der Waals surface area (Å²) in [5.41, 5.74) is 0.756. The van der Waals surface area contributed by atoms with E-state index in [4.69, 9.17) is 5.21 Å². The van der Waals surface area contributed by atoms with Crippen molar-refractivity contribution >= 4 is 17.3 Å². The van der Waals surface area contributed by atoms with Crippen molar-refractivity contribution in [1.82, 2.24) is 0 Å². The second kappa shape index (κ2) is 3.85. The average molecular weight is 234 g/mol. The van der Waals surface area contributed by atoms with Crippen molar-refractivity contribution in [2.24, 2.45) is 5.16 Å². The third-order valence-electron chi connectivity index (χ3n) is 2.93. The number of oxime groups is 1. The minimum absolute atomic E-state index is 0.0220. The molecule has 1 aliphatic rings. The predicted octanol–water partition coefficient (Wildman–Crippen LogP) is 1.37. The van der Waals surface area contributed by atoms with Crippen LogP contribution in [0.2, 0.25) is 0 Å². The van der Waals surface area contributed by atoms with Gasteiger partial charge >= 0.3 is 0 Å². The fourth-order valence-electron chi connectivity index (χ4n) is 2.04. The number of fused-ring (bicyclic) bond motifs is 1. The summed E-state index contributed by atoms with van der Waals surface area (Å²) in [6.07, 6.45) is -0.0220. The van der Waals surface area contributed by atoms with E-state index in [1.807, 2.05) is 13.0 Å². The van der Waals surface area contributed by atoms with E-state index in [1.54, 1.807) is 19.1 Å². The van der Waals surface area contributed by atoms with Crippen LogP contribution in [0.5, 0.6) is 0 Å². The van der Waals surface area contributed by atoms with Crippen molar-refractivity contribution in [3.63, 3.8) is 0 Å². The molecule has 5 nitrogen and oxygen atoms in total. The number of hydrogen-bond donors (Lipinski definition) is 3. The molecule has 1 aliphatic heterocycles. The molecule has 90 valence electrons. The van der Waals surface area contributed by atoms with Gasteiger partial charge in [0.15, 0.2) is 5.60 Å². The fraction of sp³-hybridized carbons (Fsp3) is 0.333. The van der Waals surface area contributed by atoms with Crippen LogP contribution in [0.3, 0.4) is 0 Å². The van der Waals surface area contributed by atoms with Gasteiger partial charge in [-0.15, -0.1) is 0 Å². The van der Waals surface area contributed by atoms with Gasteiger partial charge in [-0.3, -0.25) is 4.79 Å². The van der Waals surface area contributed by atoms with Crippen molar-refractivity contribution < 1.29 is 15.1 Å². The molecule has 5 heteroatoms. The summed E-state index contributed by atoms with van der Waals surface area (Å²) in [7, 11) is 0. The Labute approximate surface area is 98.8 Å². The monoisotopic (exact) mass is 234 g/mol. The summed E-state index contributed by atoms with van der Waals surface area (Å²) in [6, 6.07) is 5.38. The molecule has 1 aromatic carbocycles. The summed E-state index contributed by atoms with van der Waals surface area (Å²) in [4.78, 5) is 11.8. The zero-order valence-corrected chi connectivity index (χ0v) is 9.69. The Bertz CT molecular complexity index is 510. The number of rotatable bonds is 2. The van der Waals surface area contributed by atoms with Gasteiger partial charge in [0.2, 0.25) is 0 Å². The molecule has 0 spiro atoms. The quantitative estimate of drug-likeness (QED) is 0.410. The van der Waals surface area contributed by atoms with Gasteiger partial charge in [0.05, 0.1) is 5.71 Å². The van der Waals surface area contributed by atoms with E-state index in [2.05, 4.69) is 10.5 Å². The van der Waals surface area contributed by atoms with Crippen LogP contribution in [-0.2, 0) is 10.4 Å². The molecule has 0 bridgehead atoms. The number of aryl methyl sites for hydroxylation is 1. The van der Waals surface area contributed by atoms with Crippen molar-refractivity contribution in [2.75, 3.05) is 5.32 Å². The van der Waals surface area contributed by atoms with Crippen molar-refractivity contribution in [3.8, 4) is 0 Å². The standard InChI is InChI=1S/C12H14N2O3/c1-7-3-4-10-9(5-7)12(16,11(15)13-10)6-8(2)14-17/h3-5,16-17H,6H2,1-2H3,(H,13,15)/b14-8-/t12-/m1/s1. The maximum Gasteiger partial charge on any atom is 0.261 e. The average Bonchev–Trinajstić information content (AvgIpc) is 2.52. The third kappa shape index (κ3) is 1.78. The van der Waals surface area contributed by atoms with Crippen LogP contribution < -0.4 is 5.32 Å². The predicted molar refractivity (Wildman–Crippen MR) is 63.2 cm³/mol. The van der Waals surface area contributed by atoms with E-state index in [9.17, 15) is 9.90 Å². The number of anilines is 1. The molecule has 1 heterocycles. The molecule has 1 atom stereocenters. The highest BCUT2D eigenvalue weighted by atomic mass is 16.4. The Morgan fingerprint density at radius 1 is 1.53 bits per heavy atom. The van der Waals surface area contributed by atoms with Crippen LogP contribution in [0, 0.1) is 6.92 Å². The van der Waals surface area contributed by atoms with Crippen LogP contribution in [0.15, 0.2) is 23.4 Å². The molecule has 0 unspecified atom stereocenters. The zero-order chi connectivity index (χ0) is 12.6. The molecule has 17 heavy (non-hydrogen) atoms. The Balaban J connectivity index is 2.49. The summed E-state index contributed by atoms with van der Waals surface area (Å²) in [5.74, 6) is -0.485. The van der Waals surface area contributed by atoms with E-state index in [0.717, 1.165) is 5.56 Å². The van der Waals surface area contributed by atoms with Crippen LogP contribution in [0.4, 0.5) is 5.69 Å². The first kappa shape index (κ1) is 11.6. The minimum atomic E-state index is -1.64. The molecule has 0 fully saturated rings. The SMILES string of the molecule is C/C(C[C@]1(O)C(=O)Nc2ccc(C)cc21)=N/O. The number of nitrogens with zero attached hydrogens (tertiary/aromatic N) is 1. The van der Waals surface area contributed by atoms with E-state index in [-0.39, 0.29) is 6.42 Å². The van der Waals surface area contributed by atoms with Crippen molar-refractivity contribution in [2.45, 2.75) is 25.9 Å². The molecular formula is C12H14N2O3. The Hall–Kier alpha value is -1.88. The van der Waals surface area contributed by atoms with Gasteiger partial charge in [0.25, 0.3) is 5.91 Å². The Kier molecular flexibility index (Phi) is 2.63. The largest absolute Gasteiger partial charge is 0.411 e. The number of hydrogen-bond acceptors (Lipinski definition) is 4.